The number of hydrogen-bond acceptors (Lipinski definition) is 5. The summed E-state index contributed by atoms with van der Waals surface area (Å²) in [7, 11) is -2.69. The van der Waals surface area contributed by atoms with E-state index in [1.54, 1.807) is 48.2 Å². The zero-order valence-electron chi connectivity index (χ0n) is 16.1. The lowest BCUT2D eigenvalue weighted by molar-refractivity contribution is -0.118. The smallest absolute Gasteiger partial charge is 0.340 e. The molecule has 0 fully saturated rings. The monoisotopic (exact) mass is 412 g/mol. The molecule has 0 spiro atoms. The van der Waals surface area contributed by atoms with E-state index in [-0.39, 0.29) is 16.4 Å². The van der Waals surface area contributed by atoms with E-state index < -0.39 is 16.0 Å². The highest BCUT2D eigenvalue weighted by molar-refractivity contribution is 7.90. The first-order valence-electron chi connectivity index (χ1n) is 9.25. The van der Waals surface area contributed by atoms with Crippen LogP contribution in [0.3, 0.4) is 0 Å². The van der Waals surface area contributed by atoms with E-state index in [4.69, 9.17) is 4.74 Å². The van der Waals surface area contributed by atoms with Crippen molar-refractivity contribution in [1.82, 2.24) is 3.97 Å². The summed E-state index contributed by atoms with van der Waals surface area (Å²) < 4.78 is 32.7. The Morgan fingerprint density at radius 1 is 1.14 bits per heavy atom. The van der Waals surface area contributed by atoms with Gasteiger partial charge in [0, 0.05) is 30.2 Å². The van der Waals surface area contributed by atoms with E-state index in [1.807, 2.05) is 0 Å². The lowest BCUT2D eigenvalue weighted by Gasteiger charge is -2.16. The molecular weight excluding hydrogens is 392 g/mol. The molecule has 150 valence electrons. The summed E-state index contributed by atoms with van der Waals surface area (Å²) in [4.78, 5) is 26.0. The van der Waals surface area contributed by atoms with Crippen LogP contribution in [0.5, 0.6) is 0 Å². The van der Waals surface area contributed by atoms with Crippen molar-refractivity contribution in [2.75, 3.05) is 18.6 Å². The lowest BCUT2D eigenvalue weighted by atomic mass is 10.2. The number of esters is 1. The molecule has 1 aromatic heterocycles. The Kier molecular flexibility index (Phi) is 4.66. The van der Waals surface area contributed by atoms with Crippen molar-refractivity contribution >= 4 is 38.5 Å². The number of nitrogens with zero attached hydrogens (tertiary/aromatic N) is 2. The second-order valence-electron chi connectivity index (χ2n) is 6.79. The molecule has 1 aliphatic heterocycles. The van der Waals surface area contributed by atoms with Crippen LogP contribution in [-0.2, 0) is 26.0 Å². The Balaban J connectivity index is 1.83. The molecule has 0 unspecified atom stereocenters. The molecule has 29 heavy (non-hydrogen) atoms. The van der Waals surface area contributed by atoms with E-state index in [0.29, 0.717) is 30.3 Å². The maximum Gasteiger partial charge on any atom is 0.340 e. The van der Waals surface area contributed by atoms with Gasteiger partial charge < -0.3 is 9.64 Å². The van der Waals surface area contributed by atoms with E-state index in [1.165, 1.54) is 19.4 Å². The molecular formula is C21H20N2O5S. The van der Waals surface area contributed by atoms with Gasteiger partial charge in [0.15, 0.2) is 0 Å². The molecule has 1 aliphatic rings. The molecule has 4 rings (SSSR count). The number of methoxy groups -OCH3 is 1. The van der Waals surface area contributed by atoms with E-state index >= 15 is 0 Å². The topological polar surface area (TPSA) is 85.7 Å². The summed E-state index contributed by atoms with van der Waals surface area (Å²) in [6.45, 7) is 2.35. The number of carbonyl (C=O) groups excluding carboxylic acids is 2. The van der Waals surface area contributed by atoms with Gasteiger partial charge in [-0.2, -0.15) is 0 Å². The van der Waals surface area contributed by atoms with Gasteiger partial charge in [-0.05, 0) is 36.2 Å². The first-order chi connectivity index (χ1) is 13.9. The van der Waals surface area contributed by atoms with Gasteiger partial charge >= 0.3 is 5.97 Å². The average molecular weight is 412 g/mol. The number of anilines is 1. The standard InChI is InChI=1S/C21H20N2O5S/c1-3-20(24)22-11-10-14-12-15(8-9-18(14)22)29(26,27)23-13-17(21(25)28-2)16-6-4-5-7-19(16)23/h4-9,12-13H,3,10-11H2,1-2H3. The van der Waals surface area contributed by atoms with Crippen LogP contribution in [0.25, 0.3) is 10.9 Å². The van der Waals surface area contributed by atoms with Crippen molar-refractivity contribution in [1.29, 1.82) is 0 Å². The molecule has 1 amide bonds. The van der Waals surface area contributed by atoms with Crippen molar-refractivity contribution < 1.29 is 22.7 Å². The van der Waals surface area contributed by atoms with Gasteiger partial charge in [-0.15, -0.1) is 0 Å². The molecule has 0 bridgehead atoms. The van der Waals surface area contributed by atoms with Gasteiger partial charge in [0.1, 0.15) is 0 Å². The van der Waals surface area contributed by atoms with E-state index in [0.717, 1.165) is 15.2 Å². The number of amides is 1. The average Bonchev–Trinajstić information content (AvgIpc) is 3.34. The number of benzene rings is 2. The van der Waals surface area contributed by atoms with Gasteiger partial charge in [0.25, 0.3) is 10.0 Å². The number of carbonyl (C=O) groups is 2. The third kappa shape index (κ3) is 3.00. The van der Waals surface area contributed by atoms with Crippen LogP contribution in [0.2, 0.25) is 0 Å². The number of aromatic nitrogens is 1. The van der Waals surface area contributed by atoms with Crippen molar-refractivity contribution in [3.05, 3.63) is 59.8 Å². The summed E-state index contributed by atoms with van der Waals surface area (Å²) in [5.41, 5.74) is 2.16. The highest BCUT2D eigenvalue weighted by atomic mass is 32.2. The molecule has 0 atom stereocenters. The second kappa shape index (κ2) is 7.04. The van der Waals surface area contributed by atoms with E-state index in [9.17, 15) is 18.0 Å². The highest BCUT2D eigenvalue weighted by Crippen LogP contribution is 2.33. The van der Waals surface area contributed by atoms with Crippen molar-refractivity contribution in [3.8, 4) is 0 Å². The molecule has 3 aromatic rings. The van der Waals surface area contributed by atoms with Gasteiger partial charge in [-0.25, -0.2) is 17.2 Å². The summed E-state index contributed by atoms with van der Waals surface area (Å²) in [6, 6.07) is 11.6. The van der Waals surface area contributed by atoms with Crippen LogP contribution in [0.1, 0.15) is 29.3 Å². The molecule has 0 saturated carbocycles. The number of rotatable bonds is 4. The van der Waals surface area contributed by atoms with Crippen molar-refractivity contribution in [3.63, 3.8) is 0 Å². The van der Waals surface area contributed by atoms with Crippen LogP contribution in [0.15, 0.2) is 53.6 Å². The largest absolute Gasteiger partial charge is 0.465 e. The Labute approximate surface area is 168 Å². The Hall–Kier alpha value is -3.13. The molecule has 0 radical (unpaired) electrons. The first kappa shape index (κ1) is 19.2. The third-order valence-electron chi connectivity index (χ3n) is 5.19. The Morgan fingerprint density at radius 2 is 1.90 bits per heavy atom. The molecule has 8 heteroatoms. The number of ether oxygens (including phenoxy) is 1. The number of para-hydroxylation sites is 1. The summed E-state index contributed by atoms with van der Waals surface area (Å²) in [5.74, 6) is -0.587. The fourth-order valence-electron chi connectivity index (χ4n) is 3.72. The fraction of sp³-hybridized carbons (Fsp3) is 0.238. The fourth-order valence-corrected chi connectivity index (χ4v) is 5.14. The molecule has 0 saturated heterocycles. The van der Waals surface area contributed by atoms with Crippen LogP contribution in [0.4, 0.5) is 5.69 Å². The molecule has 0 N–H and O–H groups in total. The Morgan fingerprint density at radius 3 is 2.62 bits per heavy atom. The van der Waals surface area contributed by atoms with Crippen LogP contribution in [-0.4, -0.2) is 37.9 Å². The second-order valence-corrected chi connectivity index (χ2v) is 8.61. The minimum absolute atomic E-state index is 0.0125. The van der Waals surface area contributed by atoms with Gasteiger partial charge in [0.05, 0.1) is 23.1 Å². The maximum absolute atomic E-state index is 13.4. The highest BCUT2D eigenvalue weighted by Gasteiger charge is 2.28. The predicted molar refractivity (Wildman–Crippen MR) is 109 cm³/mol. The lowest BCUT2D eigenvalue weighted by Crippen LogP contribution is -2.27. The SMILES string of the molecule is CCC(=O)N1CCc2cc(S(=O)(=O)n3cc(C(=O)OC)c4ccccc43)ccc21. The maximum atomic E-state index is 13.4. The molecule has 2 aromatic carbocycles. The zero-order chi connectivity index (χ0) is 20.8. The molecule has 2 heterocycles. The third-order valence-corrected chi connectivity index (χ3v) is 6.86. The minimum atomic E-state index is -3.95. The zero-order valence-corrected chi connectivity index (χ0v) is 16.9. The summed E-state index contributed by atoms with van der Waals surface area (Å²) >= 11 is 0. The number of hydrogen-bond donors (Lipinski definition) is 0. The number of fused-ring (bicyclic) bond motifs is 2. The quantitative estimate of drug-likeness (QED) is 0.615. The Bertz CT molecular complexity index is 1240. The van der Waals surface area contributed by atoms with Crippen LogP contribution in [0, 0.1) is 0 Å². The van der Waals surface area contributed by atoms with Crippen LogP contribution >= 0.6 is 0 Å². The summed E-state index contributed by atoms with van der Waals surface area (Å²) in [5, 5.41) is 0.504. The van der Waals surface area contributed by atoms with Crippen molar-refractivity contribution in [2.24, 2.45) is 0 Å². The normalized spacial score (nSPS) is 13.5. The van der Waals surface area contributed by atoms with Gasteiger partial charge in [-0.3, -0.25) is 4.79 Å². The predicted octanol–water partition coefficient (Wildman–Crippen LogP) is 2.96. The van der Waals surface area contributed by atoms with Gasteiger partial charge in [0.2, 0.25) is 5.91 Å². The minimum Gasteiger partial charge on any atom is -0.465 e. The van der Waals surface area contributed by atoms with E-state index in [2.05, 4.69) is 0 Å². The van der Waals surface area contributed by atoms with Crippen LogP contribution < -0.4 is 4.90 Å². The van der Waals surface area contributed by atoms with Gasteiger partial charge in [-0.1, -0.05) is 25.1 Å². The summed E-state index contributed by atoms with van der Waals surface area (Å²) in [6.07, 6.45) is 2.29. The molecule has 7 nitrogen and oxygen atoms in total. The first-order valence-corrected chi connectivity index (χ1v) is 10.7. The van der Waals surface area contributed by atoms with Crippen molar-refractivity contribution in [2.45, 2.75) is 24.7 Å². The molecule has 0 aliphatic carbocycles.